The summed E-state index contributed by atoms with van der Waals surface area (Å²) >= 11 is 0. The lowest BCUT2D eigenvalue weighted by Gasteiger charge is -2.38. The third-order valence-corrected chi connectivity index (χ3v) is 5.69. The summed E-state index contributed by atoms with van der Waals surface area (Å²) < 4.78 is 0. The molecule has 1 fully saturated rings. The molecule has 0 saturated carbocycles. The van der Waals surface area contributed by atoms with E-state index in [1.165, 1.54) is 18.5 Å². The number of carbonyl (C=O) groups excluding carboxylic acids is 4. The topological polar surface area (TPSA) is 134 Å². The molecule has 4 rings (SSSR count). The van der Waals surface area contributed by atoms with Crippen LogP contribution in [-0.2, 0) is 20.8 Å². The van der Waals surface area contributed by atoms with E-state index < -0.39 is 17.7 Å². The molecule has 1 aromatic carbocycles. The van der Waals surface area contributed by atoms with Crippen LogP contribution in [0.2, 0.25) is 0 Å². The van der Waals surface area contributed by atoms with E-state index in [2.05, 4.69) is 15.6 Å². The molecule has 0 aliphatic carbocycles. The SMILES string of the molecule is C[C@H]1CC[C@H](c2ccc3c(c2)CC(=O)N3)N(C(=O)C(=O)Nc2cncc(C(N)=O)c2)C1. The summed E-state index contributed by atoms with van der Waals surface area (Å²) in [6.07, 6.45) is 4.59. The molecule has 31 heavy (non-hydrogen) atoms. The number of primary amides is 1. The molecule has 9 nitrogen and oxygen atoms in total. The summed E-state index contributed by atoms with van der Waals surface area (Å²) in [5, 5.41) is 5.32. The predicted octanol–water partition coefficient (Wildman–Crippen LogP) is 1.61. The monoisotopic (exact) mass is 421 g/mol. The summed E-state index contributed by atoms with van der Waals surface area (Å²) in [5.74, 6) is -1.94. The molecule has 2 atom stereocenters. The van der Waals surface area contributed by atoms with Crippen LogP contribution in [-0.4, -0.2) is 40.1 Å². The molecule has 0 unspecified atom stereocenters. The molecule has 160 valence electrons. The van der Waals surface area contributed by atoms with Crippen LogP contribution in [0.5, 0.6) is 0 Å². The Morgan fingerprint density at radius 3 is 2.77 bits per heavy atom. The molecule has 2 aromatic rings. The standard InChI is InChI=1S/C22H23N5O4/c1-12-2-5-18(13-3-4-17-14(6-13)8-19(28)26-17)27(11-12)22(31)21(30)25-16-7-15(20(23)29)9-24-10-16/h3-4,6-7,9-10,12,18H,2,5,8,11H2,1H3,(H2,23,29)(H,25,30)(H,26,28)/t12-,18+/m0/s1. The van der Waals surface area contributed by atoms with E-state index in [1.54, 1.807) is 4.90 Å². The van der Waals surface area contributed by atoms with Crippen LogP contribution < -0.4 is 16.4 Å². The Balaban J connectivity index is 1.55. The van der Waals surface area contributed by atoms with Crippen molar-refractivity contribution in [2.24, 2.45) is 11.7 Å². The Bertz CT molecular complexity index is 1080. The average molecular weight is 421 g/mol. The zero-order valence-electron chi connectivity index (χ0n) is 17.1. The van der Waals surface area contributed by atoms with Gasteiger partial charge in [-0.2, -0.15) is 0 Å². The number of hydrogen-bond acceptors (Lipinski definition) is 5. The summed E-state index contributed by atoms with van der Waals surface area (Å²) in [6.45, 7) is 2.49. The Morgan fingerprint density at radius 1 is 1.19 bits per heavy atom. The second-order valence-electron chi connectivity index (χ2n) is 8.08. The molecule has 2 aliphatic heterocycles. The first-order valence-electron chi connectivity index (χ1n) is 10.1. The molecule has 0 spiro atoms. The van der Waals surface area contributed by atoms with Crippen molar-refractivity contribution in [2.75, 3.05) is 17.2 Å². The number of benzene rings is 1. The lowest BCUT2D eigenvalue weighted by Crippen LogP contribution is -2.46. The molecule has 4 amide bonds. The molecule has 9 heteroatoms. The number of fused-ring (bicyclic) bond motifs is 1. The number of likely N-dealkylation sites (tertiary alicyclic amines) is 1. The van der Waals surface area contributed by atoms with Gasteiger partial charge in [-0.15, -0.1) is 0 Å². The fraction of sp³-hybridized carbons (Fsp3) is 0.318. The number of hydrogen-bond donors (Lipinski definition) is 3. The van der Waals surface area contributed by atoms with Gasteiger partial charge in [0.1, 0.15) is 0 Å². The number of nitrogens with one attached hydrogen (secondary N) is 2. The van der Waals surface area contributed by atoms with E-state index in [1.807, 2.05) is 25.1 Å². The zero-order chi connectivity index (χ0) is 22.1. The molecule has 1 saturated heterocycles. The summed E-state index contributed by atoms with van der Waals surface area (Å²) in [5.41, 5.74) is 8.19. The molecule has 2 aliphatic rings. The number of amides is 4. The summed E-state index contributed by atoms with van der Waals surface area (Å²) in [7, 11) is 0. The number of piperidine rings is 1. The second-order valence-corrected chi connectivity index (χ2v) is 8.08. The first-order chi connectivity index (χ1) is 14.8. The fourth-order valence-corrected chi connectivity index (χ4v) is 4.14. The third kappa shape index (κ3) is 4.25. The predicted molar refractivity (Wildman–Crippen MR) is 113 cm³/mol. The third-order valence-electron chi connectivity index (χ3n) is 5.69. The molecule has 0 bridgehead atoms. The highest BCUT2D eigenvalue weighted by molar-refractivity contribution is 6.39. The van der Waals surface area contributed by atoms with Crippen LogP contribution in [0.1, 0.15) is 47.3 Å². The van der Waals surface area contributed by atoms with Gasteiger partial charge in [-0.1, -0.05) is 19.1 Å². The minimum absolute atomic E-state index is 0.0523. The number of aromatic nitrogens is 1. The van der Waals surface area contributed by atoms with Gasteiger partial charge in [0.25, 0.3) is 0 Å². The van der Waals surface area contributed by atoms with Crippen molar-refractivity contribution in [3.05, 3.63) is 53.3 Å². The lowest BCUT2D eigenvalue weighted by atomic mass is 9.89. The van der Waals surface area contributed by atoms with Crippen molar-refractivity contribution >= 4 is 35.0 Å². The first-order valence-corrected chi connectivity index (χ1v) is 10.1. The maximum atomic E-state index is 13.1. The van der Waals surface area contributed by atoms with Gasteiger partial charge < -0.3 is 21.3 Å². The minimum atomic E-state index is -0.805. The van der Waals surface area contributed by atoms with Crippen LogP contribution in [0.15, 0.2) is 36.7 Å². The van der Waals surface area contributed by atoms with E-state index in [-0.39, 0.29) is 29.1 Å². The smallest absolute Gasteiger partial charge is 0.313 e. The summed E-state index contributed by atoms with van der Waals surface area (Å²) in [4.78, 5) is 54.2. The number of rotatable bonds is 3. The van der Waals surface area contributed by atoms with E-state index in [9.17, 15) is 19.2 Å². The van der Waals surface area contributed by atoms with Crippen LogP contribution in [0.25, 0.3) is 0 Å². The molecule has 1 aromatic heterocycles. The van der Waals surface area contributed by atoms with Crippen molar-refractivity contribution in [1.29, 1.82) is 0 Å². The highest BCUT2D eigenvalue weighted by Gasteiger charge is 2.35. The molecule has 4 N–H and O–H groups in total. The number of anilines is 2. The van der Waals surface area contributed by atoms with Crippen LogP contribution in [0.4, 0.5) is 11.4 Å². The van der Waals surface area contributed by atoms with Gasteiger partial charge in [0.15, 0.2) is 0 Å². The Labute approximate surface area is 179 Å². The fourth-order valence-electron chi connectivity index (χ4n) is 4.14. The van der Waals surface area contributed by atoms with Gasteiger partial charge in [-0.3, -0.25) is 24.2 Å². The maximum Gasteiger partial charge on any atom is 0.313 e. The van der Waals surface area contributed by atoms with Crippen molar-refractivity contribution in [1.82, 2.24) is 9.88 Å². The Kier molecular flexibility index (Phi) is 5.41. The number of carbonyl (C=O) groups is 4. The highest BCUT2D eigenvalue weighted by Crippen LogP contribution is 2.36. The van der Waals surface area contributed by atoms with Gasteiger partial charge in [0, 0.05) is 18.4 Å². The van der Waals surface area contributed by atoms with Gasteiger partial charge in [-0.25, -0.2) is 0 Å². The van der Waals surface area contributed by atoms with E-state index in [4.69, 9.17) is 5.73 Å². The number of nitrogens with zero attached hydrogens (tertiary/aromatic N) is 2. The van der Waals surface area contributed by atoms with E-state index in [0.717, 1.165) is 29.7 Å². The lowest BCUT2D eigenvalue weighted by molar-refractivity contribution is -0.146. The minimum Gasteiger partial charge on any atom is -0.366 e. The quantitative estimate of drug-likeness (QED) is 0.647. The molecule has 0 radical (unpaired) electrons. The maximum absolute atomic E-state index is 13.1. The van der Waals surface area contributed by atoms with Crippen LogP contribution >= 0.6 is 0 Å². The molecular weight excluding hydrogens is 398 g/mol. The van der Waals surface area contributed by atoms with Gasteiger partial charge in [0.05, 0.1) is 29.9 Å². The van der Waals surface area contributed by atoms with Crippen molar-refractivity contribution < 1.29 is 19.2 Å². The average Bonchev–Trinajstić information content (AvgIpc) is 3.12. The normalized spacial score (nSPS) is 20.0. The van der Waals surface area contributed by atoms with Gasteiger partial charge in [-0.05, 0) is 42.0 Å². The number of nitrogens with two attached hydrogens (primary N) is 1. The number of pyridine rings is 1. The zero-order valence-corrected chi connectivity index (χ0v) is 17.1. The van der Waals surface area contributed by atoms with Crippen molar-refractivity contribution in [3.8, 4) is 0 Å². The largest absolute Gasteiger partial charge is 0.366 e. The van der Waals surface area contributed by atoms with E-state index in [0.29, 0.717) is 13.0 Å². The van der Waals surface area contributed by atoms with Crippen molar-refractivity contribution in [3.63, 3.8) is 0 Å². The second kappa shape index (κ2) is 8.17. The Morgan fingerprint density at radius 2 is 2.00 bits per heavy atom. The molecular formula is C22H23N5O4. The first kappa shape index (κ1) is 20.5. The van der Waals surface area contributed by atoms with Crippen molar-refractivity contribution in [2.45, 2.75) is 32.2 Å². The van der Waals surface area contributed by atoms with Gasteiger partial charge >= 0.3 is 11.8 Å². The summed E-state index contributed by atoms with van der Waals surface area (Å²) in [6, 6.07) is 6.79. The van der Waals surface area contributed by atoms with Crippen LogP contribution in [0.3, 0.4) is 0 Å². The highest BCUT2D eigenvalue weighted by atomic mass is 16.2. The molecule has 3 heterocycles. The van der Waals surface area contributed by atoms with Crippen LogP contribution in [0, 0.1) is 5.92 Å². The Hall–Kier alpha value is -3.75. The van der Waals surface area contributed by atoms with Gasteiger partial charge in [0.2, 0.25) is 11.8 Å². The van der Waals surface area contributed by atoms with E-state index >= 15 is 0 Å².